The minimum absolute atomic E-state index is 0.497. The van der Waals surface area contributed by atoms with Crippen molar-refractivity contribution in [1.82, 2.24) is 0 Å². The molecule has 0 spiro atoms. The Kier molecular flexibility index (Phi) is 6.68. The van der Waals surface area contributed by atoms with Crippen LogP contribution in [0.4, 0.5) is 0 Å². The SMILES string of the molecule is C[C@@H](C(=O)O[C@@H]1O[C@H](C(=O)O)[C@@H](O)[C@H](O)[C@H]1O)c1cccc(Oc2ccccc2)c1. The molecule has 0 radical (unpaired) electrons. The van der Waals surface area contributed by atoms with Crippen LogP contribution in [0.5, 0.6) is 11.5 Å². The topological polar surface area (TPSA) is 143 Å². The number of aliphatic hydroxyl groups excluding tert-OH is 3. The first kappa shape index (κ1) is 21.7. The second kappa shape index (κ2) is 9.23. The van der Waals surface area contributed by atoms with Crippen molar-refractivity contribution in [2.75, 3.05) is 0 Å². The Morgan fingerprint density at radius 2 is 1.60 bits per heavy atom. The molecule has 1 aliphatic heterocycles. The fourth-order valence-electron chi connectivity index (χ4n) is 2.97. The Bertz CT molecular complexity index is 885. The van der Waals surface area contributed by atoms with Crippen molar-refractivity contribution in [1.29, 1.82) is 0 Å². The Labute approximate surface area is 172 Å². The van der Waals surface area contributed by atoms with Gasteiger partial charge in [0.1, 0.15) is 29.8 Å². The number of aliphatic hydroxyl groups is 3. The van der Waals surface area contributed by atoms with Crippen LogP contribution in [0.3, 0.4) is 0 Å². The third kappa shape index (κ3) is 4.77. The number of carbonyl (C=O) groups excluding carboxylic acids is 1. The third-order valence-corrected chi connectivity index (χ3v) is 4.74. The molecule has 0 aliphatic carbocycles. The monoisotopic (exact) mass is 418 g/mol. The van der Waals surface area contributed by atoms with Gasteiger partial charge in [0.15, 0.2) is 6.10 Å². The van der Waals surface area contributed by atoms with Crippen molar-refractivity contribution in [2.24, 2.45) is 0 Å². The van der Waals surface area contributed by atoms with Gasteiger partial charge in [0.25, 0.3) is 0 Å². The highest BCUT2D eigenvalue weighted by molar-refractivity contribution is 5.78. The van der Waals surface area contributed by atoms with Crippen molar-refractivity contribution in [2.45, 2.75) is 43.5 Å². The summed E-state index contributed by atoms with van der Waals surface area (Å²) in [6.45, 7) is 1.55. The van der Waals surface area contributed by atoms with Crippen LogP contribution in [0.25, 0.3) is 0 Å². The second-order valence-corrected chi connectivity index (χ2v) is 6.88. The lowest BCUT2D eigenvalue weighted by atomic mass is 9.98. The van der Waals surface area contributed by atoms with E-state index in [1.165, 1.54) is 0 Å². The standard InChI is InChI=1S/C21H22O9/c1-11(12-6-5-9-14(10-12)28-13-7-3-2-4-8-13)20(27)30-21-17(24)15(22)16(23)18(29-21)19(25)26/h2-11,15-18,21-24H,1H3,(H,25,26)/t11-,15+,16+,17-,18+,21+/m1/s1. The molecule has 0 unspecified atom stereocenters. The minimum Gasteiger partial charge on any atom is -0.479 e. The van der Waals surface area contributed by atoms with E-state index in [0.717, 1.165) is 0 Å². The van der Waals surface area contributed by atoms with E-state index >= 15 is 0 Å². The number of carboxylic acid groups (broad SMARTS) is 1. The van der Waals surface area contributed by atoms with Crippen molar-refractivity contribution < 1.29 is 44.2 Å². The summed E-state index contributed by atoms with van der Waals surface area (Å²) in [4.78, 5) is 23.7. The van der Waals surface area contributed by atoms with Crippen molar-refractivity contribution in [3.8, 4) is 11.5 Å². The molecule has 2 aromatic rings. The smallest absolute Gasteiger partial charge is 0.335 e. The van der Waals surface area contributed by atoms with Gasteiger partial charge in [0.2, 0.25) is 6.29 Å². The maximum atomic E-state index is 12.5. The Morgan fingerprint density at radius 1 is 0.933 bits per heavy atom. The van der Waals surface area contributed by atoms with E-state index in [0.29, 0.717) is 17.1 Å². The molecular weight excluding hydrogens is 396 g/mol. The predicted octanol–water partition coefficient (Wildman–Crippen LogP) is 1.02. The van der Waals surface area contributed by atoms with E-state index in [9.17, 15) is 24.9 Å². The first-order valence-corrected chi connectivity index (χ1v) is 9.23. The summed E-state index contributed by atoms with van der Waals surface area (Å²) in [5, 5.41) is 38.6. The fraction of sp³-hybridized carbons (Fsp3) is 0.333. The lowest BCUT2D eigenvalue weighted by Crippen LogP contribution is -2.60. The van der Waals surface area contributed by atoms with Crippen LogP contribution >= 0.6 is 0 Å². The molecule has 1 saturated heterocycles. The average Bonchev–Trinajstić information content (AvgIpc) is 2.74. The number of benzene rings is 2. The quantitative estimate of drug-likeness (QED) is 0.506. The lowest BCUT2D eigenvalue weighted by Gasteiger charge is -2.38. The molecule has 0 bridgehead atoms. The third-order valence-electron chi connectivity index (χ3n) is 4.74. The van der Waals surface area contributed by atoms with E-state index in [-0.39, 0.29) is 0 Å². The number of hydrogen-bond acceptors (Lipinski definition) is 8. The van der Waals surface area contributed by atoms with Crippen LogP contribution in [0.2, 0.25) is 0 Å². The molecule has 3 rings (SSSR count). The summed E-state index contributed by atoms with van der Waals surface area (Å²) >= 11 is 0. The van der Waals surface area contributed by atoms with Crippen LogP contribution in [-0.4, -0.2) is 63.1 Å². The first-order chi connectivity index (χ1) is 14.3. The summed E-state index contributed by atoms with van der Waals surface area (Å²) in [6.07, 6.45) is -9.12. The van der Waals surface area contributed by atoms with E-state index in [1.807, 2.05) is 18.2 Å². The average molecular weight is 418 g/mol. The number of esters is 1. The van der Waals surface area contributed by atoms with Crippen LogP contribution in [-0.2, 0) is 19.1 Å². The zero-order chi connectivity index (χ0) is 21.8. The van der Waals surface area contributed by atoms with E-state index in [2.05, 4.69) is 0 Å². The van der Waals surface area contributed by atoms with Gasteiger partial charge in [0, 0.05) is 0 Å². The summed E-state index contributed by atoms with van der Waals surface area (Å²) in [6, 6.07) is 15.8. The van der Waals surface area contributed by atoms with Gasteiger partial charge in [0.05, 0.1) is 5.92 Å². The van der Waals surface area contributed by atoms with Gasteiger partial charge >= 0.3 is 11.9 Å². The maximum Gasteiger partial charge on any atom is 0.335 e. The number of aliphatic carboxylic acids is 1. The van der Waals surface area contributed by atoms with Crippen molar-refractivity contribution >= 4 is 11.9 Å². The number of rotatable bonds is 6. The summed E-state index contributed by atoms with van der Waals surface area (Å²) in [5.41, 5.74) is 0.550. The van der Waals surface area contributed by atoms with Gasteiger partial charge in [-0.3, -0.25) is 4.79 Å². The highest BCUT2D eigenvalue weighted by Crippen LogP contribution is 2.28. The normalized spacial score (nSPS) is 27.1. The lowest BCUT2D eigenvalue weighted by molar-refractivity contribution is -0.286. The first-order valence-electron chi connectivity index (χ1n) is 9.23. The molecule has 1 fully saturated rings. The van der Waals surface area contributed by atoms with E-state index < -0.39 is 48.6 Å². The van der Waals surface area contributed by atoms with Gasteiger partial charge in [-0.15, -0.1) is 0 Å². The van der Waals surface area contributed by atoms with Crippen LogP contribution in [0, 0.1) is 0 Å². The molecular formula is C21H22O9. The summed E-state index contributed by atoms with van der Waals surface area (Å²) in [5.74, 6) is -2.07. The number of ether oxygens (including phenoxy) is 3. The molecule has 6 atom stereocenters. The molecule has 9 nitrogen and oxygen atoms in total. The zero-order valence-electron chi connectivity index (χ0n) is 16.0. The summed E-state index contributed by atoms with van der Waals surface area (Å²) in [7, 11) is 0. The molecule has 0 aromatic heterocycles. The highest BCUT2D eigenvalue weighted by Gasteiger charge is 2.48. The van der Waals surface area contributed by atoms with E-state index in [4.69, 9.17) is 19.3 Å². The van der Waals surface area contributed by atoms with Crippen LogP contribution in [0.1, 0.15) is 18.4 Å². The van der Waals surface area contributed by atoms with Gasteiger partial charge in [-0.1, -0.05) is 30.3 Å². The van der Waals surface area contributed by atoms with Crippen molar-refractivity contribution in [3.05, 3.63) is 60.2 Å². The highest BCUT2D eigenvalue weighted by atomic mass is 16.7. The minimum atomic E-state index is -1.86. The Morgan fingerprint density at radius 3 is 2.27 bits per heavy atom. The molecule has 2 aromatic carbocycles. The predicted molar refractivity (Wildman–Crippen MR) is 102 cm³/mol. The van der Waals surface area contributed by atoms with Crippen LogP contribution < -0.4 is 4.74 Å². The molecule has 0 amide bonds. The number of para-hydroxylation sites is 1. The van der Waals surface area contributed by atoms with Gasteiger partial charge in [-0.05, 0) is 36.8 Å². The second-order valence-electron chi connectivity index (χ2n) is 6.88. The molecule has 1 aliphatic rings. The summed E-state index contributed by atoms with van der Waals surface area (Å²) < 4.78 is 15.8. The molecule has 1 heterocycles. The fourth-order valence-corrected chi connectivity index (χ4v) is 2.97. The maximum absolute atomic E-state index is 12.5. The van der Waals surface area contributed by atoms with Gasteiger partial charge < -0.3 is 34.6 Å². The molecule has 30 heavy (non-hydrogen) atoms. The van der Waals surface area contributed by atoms with E-state index in [1.54, 1.807) is 43.3 Å². The van der Waals surface area contributed by atoms with Gasteiger partial charge in [-0.25, -0.2) is 4.79 Å². The molecule has 4 N–H and O–H groups in total. The largest absolute Gasteiger partial charge is 0.479 e. The number of carboxylic acids is 1. The molecule has 160 valence electrons. The van der Waals surface area contributed by atoms with Crippen molar-refractivity contribution in [3.63, 3.8) is 0 Å². The number of hydrogen-bond donors (Lipinski definition) is 4. The van der Waals surface area contributed by atoms with Crippen LogP contribution in [0.15, 0.2) is 54.6 Å². The zero-order valence-corrected chi connectivity index (χ0v) is 16.0. The number of carbonyl (C=O) groups is 2. The Hall–Kier alpha value is -2.98. The van der Waals surface area contributed by atoms with Gasteiger partial charge in [-0.2, -0.15) is 0 Å². The molecule has 9 heteroatoms. The Balaban J connectivity index is 1.69. The molecule has 0 saturated carbocycles.